The Morgan fingerprint density at radius 1 is 1.60 bits per heavy atom. The van der Waals surface area contributed by atoms with Crippen LogP contribution < -0.4 is 10.5 Å². The highest BCUT2D eigenvalue weighted by Gasteiger charge is 2.16. The van der Waals surface area contributed by atoms with E-state index < -0.39 is 4.92 Å². The summed E-state index contributed by atoms with van der Waals surface area (Å²) in [6.45, 7) is 2.58. The van der Waals surface area contributed by atoms with E-state index in [1.807, 2.05) is 0 Å². The number of ether oxygens (including phenoxy) is 1. The molecule has 1 aromatic rings. The standard InChI is InChI=1S/C9H13N3O3/c1-7-3-4-8(12(13)14)9(11-7)15-6-2-5-10/h3-4H,2,5-6,10H2,1H3. The van der Waals surface area contributed by atoms with Gasteiger partial charge in [0.2, 0.25) is 0 Å². The highest BCUT2D eigenvalue weighted by atomic mass is 16.6. The van der Waals surface area contributed by atoms with Crippen LogP contribution in [0.1, 0.15) is 12.1 Å². The zero-order valence-electron chi connectivity index (χ0n) is 8.47. The van der Waals surface area contributed by atoms with Crippen molar-refractivity contribution in [1.29, 1.82) is 0 Å². The minimum atomic E-state index is -0.510. The molecule has 0 aromatic carbocycles. The predicted octanol–water partition coefficient (Wildman–Crippen LogP) is 1.03. The first-order valence-electron chi connectivity index (χ1n) is 4.60. The van der Waals surface area contributed by atoms with Crippen LogP contribution in [0, 0.1) is 17.0 Å². The van der Waals surface area contributed by atoms with Crippen LogP contribution in [-0.2, 0) is 0 Å². The normalized spacial score (nSPS) is 10.0. The van der Waals surface area contributed by atoms with Crippen molar-refractivity contribution < 1.29 is 9.66 Å². The van der Waals surface area contributed by atoms with E-state index in [2.05, 4.69) is 4.98 Å². The van der Waals surface area contributed by atoms with E-state index in [1.165, 1.54) is 6.07 Å². The van der Waals surface area contributed by atoms with Crippen LogP contribution in [0.2, 0.25) is 0 Å². The Labute approximate surface area is 87.2 Å². The molecule has 0 bridgehead atoms. The molecule has 6 nitrogen and oxygen atoms in total. The van der Waals surface area contributed by atoms with Crippen LogP contribution in [0.4, 0.5) is 5.69 Å². The van der Waals surface area contributed by atoms with Crippen LogP contribution in [0.15, 0.2) is 12.1 Å². The summed E-state index contributed by atoms with van der Waals surface area (Å²) in [5.41, 5.74) is 5.86. The Balaban J connectivity index is 2.82. The molecule has 0 atom stereocenters. The molecule has 82 valence electrons. The van der Waals surface area contributed by atoms with Crippen molar-refractivity contribution in [2.45, 2.75) is 13.3 Å². The Morgan fingerprint density at radius 2 is 2.33 bits per heavy atom. The summed E-state index contributed by atoms with van der Waals surface area (Å²) in [4.78, 5) is 14.1. The van der Waals surface area contributed by atoms with Crippen molar-refractivity contribution >= 4 is 5.69 Å². The molecule has 0 amide bonds. The van der Waals surface area contributed by atoms with Gasteiger partial charge in [0.05, 0.1) is 11.5 Å². The minimum absolute atomic E-state index is 0.0634. The molecule has 0 unspecified atom stereocenters. The lowest BCUT2D eigenvalue weighted by atomic mass is 10.3. The summed E-state index contributed by atoms with van der Waals surface area (Å²) in [7, 11) is 0. The monoisotopic (exact) mass is 211 g/mol. The maximum absolute atomic E-state index is 10.6. The maximum Gasteiger partial charge on any atom is 0.330 e. The molecule has 0 radical (unpaired) electrons. The van der Waals surface area contributed by atoms with Gasteiger partial charge in [0, 0.05) is 11.8 Å². The number of hydrogen-bond donors (Lipinski definition) is 1. The molecule has 0 aliphatic carbocycles. The van der Waals surface area contributed by atoms with Gasteiger partial charge in [-0.25, -0.2) is 4.98 Å². The van der Waals surface area contributed by atoms with E-state index in [1.54, 1.807) is 13.0 Å². The fourth-order valence-corrected chi connectivity index (χ4v) is 1.02. The highest BCUT2D eigenvalue weighted by Crippen LogP contribution is 2.24. The number of aromatic nitrogens is 1. The van der Waals surface area contributed by atoms with Crippen LogP contribution in [0.3, 0.4) is 0 Å². The summed E-state index contributed by atoms with van der Waals surface area (Å²) in [5, 5.41) is 10.6. The molecule has 0 fully saturated rings. The second-order valence-electron chi connectivity index (χ2n) is 3.02. The SMILES string of the molecule is Cc1ccc([N+](=O)[O-])c(OCCCN)n1. The zero-order chi connectivity index (χ0) is 11.3. The van der Waals surface area contributed by atoms with Crippen LogP contribution in [0.25, 0.3) is 0 Å². The van der Waals surface area contributed by atoms with Gasteiger partial charge >= 0.3 is 5.69 Å². The quantitative estimate of drug-likeness (QED) is 0.446. The Kier molecular flexibility index (Phi) is 3.99. The molecular weight excluding hydrogens is 198 g/mol. The number of rotatable bonds is 5. The first kappa shape index (κ1) is 11.4. The lowest BCUT2D eigenvalue weighted by molar-refractivity contribution is -0.386. The number of aryl methyl sites for hydroxylation is 1. The van der Waals surface area contributed by atoms with E-state index in [9.17, 15) is 10.1 Å². The Hall–Kier alpha value is -1.69. The number of nitrogens with zero attached hydrogens (tertiary/aromatic N) is 2. The van der Waals surface area contributed by atoms with Gasteiger partial charge in [0.15, 0.2) is 0 Å². The number of nitro groups is 1. The number of nitrogens with two attached hydrogens (primary N) is 1. The second-order valence-corrected chi connectivity index (χ2v) is 3.02. The van der Waals surface area contributed by atoms with Gasteiger partial charge in [0.25, 0.3) is 5.88 Å². The van der Waals surface area contributed by atoms with Crippen LogP contribution in [-0.4, -0.2) is 23.1 Å². The lowest BCUT2D eigenvalue weighted by Crippen LogP contribution is -2.08. The van der Waals surface area contributed by atoms with Crippen molar-refractivity contribution in [2.75, 3.05) is 13.2 Å². The van der Waals surface area contributed by atoms with E-state index in [0.29, 0.717) is 25.3 Å². The van der Waals surface area contributed by atoms with Gasteiger partial charge in [-0.15, -0.1) is 0 Å². The van der Waals surface area contributed by atoms with Gasteiger partial charge in [-0.1, -0.05) is 0 Å². The molecule has 1 heterocycles. The average Bonchev–Trinajstić information content (AvgIpc) is 2.18. The molecule has 1 aromatic heterocycles. The highest BCUT2D eigenvalue weighted by molar-refractivity contribution is 5.41. The van der Waals surface area contributed by atoms with E-state index in [4.69, 9.17) is 10.5 Å². The lowest BCUT2D eigenvalue weighted by Gasteiger charge is -2.05. The third-order valence-corrected chi connectivity index (χ3v) is 1.76. The van der Waals surface area contributed by atoms with Gasteiger partial charge < -0.3 is 10.5 Å². The Morgan fingerprint density at radius 3 is 2.93 bits per heavy atom. The molecular formula is C9H13N3O3. The number of hydrogen-bond acceptors (Lipinski definition) is 5. The van der Waals surface area contributed by atoms with E-state index in [0.717, 1.165) is 0 Å². The fourth-order valence-electron chi connectivity index (χ4n) is 1.02. The van der Waals surface area contributed by atoms with Gasteiger partial charge in [0.1, 0.15) is 0 Å². The van der Waals surface area contributed by atoms with Gasteiger partial charge in [-0.2, -0.15) is 0 Å². The van der Waals surface area contributed by atoms with Crippen molar-refractivity contribution in [3.8, 4) is 5.88 Å². The third-order valence-electron chi connectivity index (χ3n) is 1.76. The maximum atomic E-state index is 10.6. The van der Waals surface area contributed by atoms with Gasteiger partial charge in [-0.05, 0) is 26.0 Å². The largest absolute Gasteiger partial charge is 0.473 e. The minimum Gasteiger partial charge on any atom is -0.473 e. The van der Waals surface area contributed by atoms with E-state index >= 15 is 0 Å². The molecule has 0 saturated carbocycles. The summed E-state index contributed by atoms with van der Waals surface area (Å²) in [5.74, 6) is 0.0634. The smallest absolute Gasteiger partial charge is 0.330 e. The topological polar surface area (TPSA) is 91.3 Å². The van der Waals surface area contributed by atoms with E-state index in [-0.39, 0.29) is 11.6 Å². The zero-order valence-corrected chi connectivity index (χ0v) is 8.47. The predicted molar refractivity (Wildman–Crippen MR) is 54.8 cm³/mol. The van der Waals surface area contributed by atoms with Crippen molar-refractivity contribution in [3.05, 3.63) is 27.9 Å². The molecule has 2 N–H and O–H groups in total. The first-order valence-corrected chi connectivity index (χ1v) is 4.60. The summed E-state index contributed by atoms with van der Waals surface area (Å²) < 4.78 is 5.19. The second kappa shape index (κ2) is 5.26. The van der Waals surface area contributed by atoms with Gasteiger partial charge in [-0.3, -0.25) is 10.1 Å². The third kappa shape index (κ3) is 3.17. The molecule has 0 spiro atoms. The summed E-state index contributed by atoms with van der Waals surface area (Å²) >= 11 is 0. The number of pyridine rings is 1. The Bertz CT molecular complexity index is 354. The van der Waals surface area contributed by atoms with Crippen LogP contribution >= 0.6 is 0 Å². The fraction of sp³-hybridized carbons (Fsp3) is 0.444. The molecule has 0 aliphatic heterocycles. The van der Waals surface area contributed by atoms with Crippen molar-refractivity contribution in [1.82, 2.24) is 4.98 Å². The molecule has 15 heavy (non-hydrogen) atoms. The summed E-state index contributed by atoms with van der Waals surface area (Å²) in [6, 6.07) is 2.97. The molecule has 6 heteroatoms. The molecule has 0 aliphatic rings. The first-order chi connectivity index (χ1) is 7.15. The van der Waals surface area contributed by atoms with Crippen molar-refractivity contribution in [2.24, 2.45) is 5.73 Å². The molecule has 1 rings (SSSR count). The van der Waals surface area contributed by atoms with Crippen molar-refractivity contribution in [3.63, 3.8) is 0 Å². The summed E-state index contributed by atoms with van der Waals surface area (Å²) in [6.07, 6.45) is 0.646. The average molecular weight is 211 g/mol. The van der Waals surface area contributed by atoms with Crippen LogP contribution in [0.5, 0.6) is 5.88 Å². The molecule has 0 saturated heterocycles.